The maximum Gasteiger partial charge on any atom is 0.273 e. The molecule has 2 amide bonds. The summed E-state index contributed by atoms with van der Waals surface area (Å²) in [5.74, 6) is 0.107. The van der Waals surface area contributed by atoms with Gasteiger partial charge in [-0.1, -0.05) is 0 Å². The normalized spacial score (nSPS) is 15.0. The van der Waals surface area contributed by atoms with Crippen LogP contribution in [0.15, 0.2) is 29.2 Å². The van der Waals surface area contributed by atoms with Crippen molar-refractivity contribution in [3.8, 4) is 5.88 Å². The SMILES string of the molecule is COc1cc(N2CCN(C(=O)c3cscn3)CC2=O)ccn1. The fourth-order valence-electron chi connectivity index (χ4n) is 2.28. The molecule has 3 rings (SSSR count). The highest BCUT2D eigenvalue weighted by Gasteiger charge is 2.29. The van der Waals surface area contributed by atoms with Crippen LogP contribution in [-0.4, -0.2) is 53.4 Å². The van der Waals surface area contributed by atoms with Gasteiger partial charge in [0.1, 0.15) is 12.2 Å². The van der Waals surface area contributed by atoms with Crippen LogP contribution in [0.3, 0.4) is 0 Å². The standard InChI is InChI=1S/C14H14N4O3S/c1-21-12-6-10(2-3-15-12)18-5-4-17(7-13(18)19)14(20)11-8-22-9-16-11/h2-3,6,8-9H,4-5,7H2,1H3. The van der Waals surface area contributed by atoms with Crippen molar-refractivity contribution in [2.75, 3.05) is 31.6 Å². The van der Waals surface area contributed by atoms with Crippen molar-refractivity contribution in [1.29, 1.82) is 0 Å². The number of piperazine rings is 1. The molecule has 1 saturated heterocycles. The minimum Gasteiger partial charge on any atom is -0.481 e. The van der Waals surface area contributed by atoms with E-state index < -0.39 is 0 Å². The van der Waals surface area contributed by atoms with E-state index in [1.54, 1.807) is 34.1 Å². The van der Waals surface area contributed by atoms with Crippen LogP contribution in [0.5, 0.6) is 5.88 Å². The third-order valence-corrected chi connectivity index (χ3v) is 3.99. The Morgan fingerprint density at radius 1 is 1.36 bits per heavy atom. The van der Waals surface area contributed by atoms with Crippen LogP contribution in [0.25, 0.3) is 0 Å². The van der Waals surface area contributed by atoms with Gasteiger partial charge in [-0.15, -0.1) is 11.3 Å². The van der Waals surface area contributed by atoms with Gasteiger partial charge in [-0.05, 0) is 6.07 Å². The molecule has 0 saturated carbocycles. The number of methoxy groups -OCH3 is 1. The van der Waals surface area contributed by atoms with Crippen molar-refractivity contribution < 1.29 is 14.3 Å². The molecule has 1 aliphatic rings. The molecule has 0 aromatic carbocycles. The highest BCUT2D eigenvalue weighted by molar-refractivity contribution is 7.07. The average Bonchev–Trinajstić information content (AvgIpc) is 3.08. The van der Waals surface area contributed by atoms with Gasteiger partial charge in [0, 0.05) is 30.7 Å². The molecule has 1 aliphatic heterocycles. The van der Waals surface area contributed by atoms with Gasteiger partial charge < -0.3 is 14.5 Å². The van der Waals surface area contributed by atoms with Gasteiger partial charge in [-0.2, -0.15) is 0 Å². The maximum atomic E-state index is 12.3. The fourth-order valence-corrected chi connectivity index (χ4v) is 2.80. The zero-order valence-electron chi connectivity index (χ0n) is 11.9. The van der Waals surface area contributed by atoms with Gasteiger partial charge in [-0.3, -0.25) is 9.59 Å². The van der Waals surface area contributed by atoms with Crippen LogP contribution < -0.4 is 9.64 Å². The van der Waals surface area contributed by atoms with Crippen molar-refractivity contribution in [3.63, 3.8) is 0 Å². The van der Waals surface area contributed by atoms with Crippen LogP contribution in [0.1, 0.15) is 10.5 Å². The number of thiazole rings is 1. The lowest BCUT2D eigenvalue weighted by Crippen LogP contribution is -2.52. The molecule has 2 aromatic heterocycles. The van der Waals surface area contributed by atoms with E-state index in [-0.39, 0.29) is 18.4 Å². The quantitative estimate of drug-likeness (QED) is 0.845. The topological polar surface area (TPSA) is 75.6 Å². The first-order valence-corrected chi connectivity index (χ1v) is 7.61. The monoisotopic (exact) mass is 318 g/mol. The molecule has 0 atom stereocenters. The van der Waals surface area contributed by atoms with Crippen LogP contribution in [0.4, 0.5) is 5.69 Å². The van der Waals surface area contributed by atoms with Crippen LogP contribution >= 0.6 is 11.3 Å². The van der Waals surface area contributed by atoms with E-state index in [2.05, 4.69) is 9.97 Å². The smallest absolute Gasteiger partial charge is 0.273 e. The number of nitrogens with zero attached hydrogens (tertiary/aromatic N) is 4. The third-order valence-electron chi connectivity index (χ3n) is 3.40. The lowest BCUT2D eigenvalue weighted by Gasteiger charge is -2.34. The van der Waals surface area contributed by atoms with Crippen molar-refractivity contribution in [2.24, 2.45) is 0 Å². The van der Waals surface area contributed by atoms with Gasteiger partial charge in [0.05, 0.1) is 18.3 Å². The molecule has 7 nitrogen and oxygen atoms in total. The van der Waals surface area contributed by atoms with E-state index in [1.807, 2.05) is 0 Å². The molecule has 3 heterocycles. The summed E-state index contributed by atoms with van der Waals surface area (Å²) in [4.78, 5) is 35.7. The van der Waals surface area contributed by atoms with Crippen LogP contribution in [0, 0.1) is 0 Å². The Labute approximate surface area is 131 Å². The molecule has 114 valence electrons. The summed E-state index contributed by atoms with van der Waals surface area (Å²) in [6.07, 6.45) is 1.59. The molecule has 1 fully saturated rings. The predicted octanol–water partition coefficient (Wildman–Crippen LogP) is 1.04. The summed E-state index contributed by atoms with van der Waals surface area (Å²) in [5, 5.41) is 1.69. The van der Waals surface area contributed by atoms with Crippen LogP contribution in [-0.2, 0) is 4.79 Å². The summed E-state index contributed by atoms with van der Waals surface area (Å²) in [5.41, 5.74) is 2.71. The first kappa shape index (κ1) is 14.5. The van der Waals surface area contributed by atoms with Gasteiger partial charge in [0.15, 0.2) is 0 Å². The second-order valence-electron chi connectivity index (χ2n) is 4.70. The van der Waals surface area contributed by atoms with Gasteiger partial charge in [-0.25, -0.2) is 9.97 Å². The molecule has 0 bridgehead atoms. The van der Waals surface area contributed by atoms with E-state index in [0.717, 1.165) is 5.69 Å². The molecule has 0 spiro atoms. The summed E-state index contributed by atoms with van der Waals surface area (Å²) in [7, 11) is 1.53. The van der Waals surface area contributed by atoms with Gasteiger partial charge in [0.2, 0.25) is 11.8 Å². The summed E-state index contributed by atoms with van der Waals surface area (Å²) >= 11 is 1.36. The maximum absolute atomic E-state index is 12.3. The lowest BCUT2D eigenvalue weighted by molar-refractivity contribution is -0.120. The Hall–Kier alpha value is -2.48. The minimum atomic E-state index is -0.207. The Balaban J connectivity index is 1.72. The summed E-state index contributed by atoms with van der Waals surface area (Å²) < 4.78 is 5.07. The fraction of sp³-hybridized carbons (Fsp3) is 0.286. The Kier molecular flexibility index (Phi) is 4.01. The zero-order valence-corrected chi connectivity index (χ0v) is 12.7. The molecule has 8 heteroatoms. The molecule has 2 aromatic rings. The first-order valence-electron chi connectivity index (χ1n) is 6.67. The van der Waals surface area contributed by atoms with E-state index in [0.29, 0.717) is 24.7 Å². The summed E-state index contributed by atoms with van der Waals surface area (Å²) in [6.45, 7) is 0.940. The van der Waals surface area contributed by atoms with Crippen molar-refractivity contribution >= 4 is 28.8 Å². The number of ether oxygens (including phenoxy) is 1. The van der Waals surface area contributed by atoms with E-state index in [9.17, 15) is 9.59 Å². The molecular formula is C14H14N4O3S. The van der Waals surface area contributed by atoms with E-state index in [1.165, 1.54) is 23.3 Å². The molecule has 0 radical (unpaired) electrons. The number of amides is 2. The summed E-state index contributed by atoms with van der Waals surface area (Å²) in [6, 6.07) is 3.45. The number of carbonyl (C=O) groups is 2. The number of carbonyl (C=O) groups excluding carboxylic acids is 2. The largest absolute Gasteiger partial charge is 0.481 e. The van der Waals surface area contributed by atoms with Crippen molar-refractivity contribution in [1.82, 2.24) is 14.9 Å². The minimum absolute atomic E-state index is 0.0427. The second-order valence-corrected chi connectivity index (χ2v) is 5.42. The third kappa shape index (κ3) is 2.77. The molecule has 0 unspecified atom stereocenters. The Morgan fingerprint density at radius 2 is 2.23 bits per heavy atom. The van der Waals surface area contributed by atoms with E-state index >= 15 is 0 Å². The number of hydrogen-bond acceptors (Lipinski definition) is 6. The number of anilines is 1. The zero-order chi connectivity index (χ0) is 15.5. The molecule has 22 heavy (non-hydrogen) atoms. The second kappa shape index (κ2) is 6.10. The number of aromatic nitrogens is 2. The Morgan fingerprint density at radius 3 is 2.91 bits per heavy atom. The van der Waals surface area contributed by atoms with Crippen LogP contribution in [0.2, 0.25) is 0 Å². The first-order chi connectivity index (χ1) is 10.7. The Bertz CT molecular complexity index is 689. The number of hydrogen-bond donors (Lipinski definition) is 0. The highest BCUT2D eigenvalue weighted by atomic mass is 32.1. The predicted molar refractivity (Wildman–Crippen MR) is 81.2 cm³/mol. The number of rotatable bonds is 3. The van der Waals surface area contributed by atoms with Crippen molar-refractivity contribution in [2.45, 2.75) is 0 Å². The average molecular weight is 318 g/mol. The molecule has 0 aliphatic carbocycles. The van der Waals surface area contributed by atoms with E-state index in [4.69, 9.17) is 4.74 Å². The number of pyridine rings is 1. The van der Waals surface area contributed by atoms with Gasteiger partial charge >= 0.3 is 0 Å². The molecule has 0 N–H and O–H groups in total. The molecular weight excluding hydrogens is 304 g/mol. The highest BCUT2D eigenvalue weighted by Crippen LogP contribution is 2.21. The lowest BCUT2D eigenvalue weighted by atomic mass is 10.2. The van der Waals surface area contributed by atoms with Gasteiger partial charge in [0.25, 0.3) is 5.91 Å². The van der Waals surface area contributed by atoms with Crippen molar-refractivity contribution in [3.05, 3.63) is 34.9 Å².